The molecule has 0 saturated heterocycles. The predicted octanol–water partition coefficient (Wildman–Crippen LogP) is 3.63. The highest BCUT2D eigenvalue weighted by Gasteiger charge is 2.35. The number of aliphatic carboxylic acids is 1. The van der Waals surface area contributed by atoms with Crippen LogP contribution < -0.4 is 14.8 Å². The normalized spacial score (nSPS) is 19.6. The molecule has 150 valence electrons. The van der Waals surface area contributed by atoms with Crippen molar-refractivity contribution in [1.29, 1.82) is 0 Å². The van der Waals surface area contributed by atoms with Gasteiger partial charge in [0.25, 0.3) is 0 Å². The smallest absolute Gasteiger partial charge is 0.307 e. The van der Waals surface area contributed by atoms with Gasteiger partial charge in [0, 0.05) is 6.54 Å². The van der Waals surface area contributed by atoms with Crippen LogP contribution >= 0.6 is 0 Å². The lowest BCUT2D eigenvalue weighted by Crippen LogP contribution is -2.39. The van der Waals surface area contributed by atoms with E-state index in [4.69, 9.17) is 9.47 Å². The molecule has 1 aliphatic carbocycles. The third-order valence-electron chi connectivity index (χ3n) is 5.07. The first kappa shape index (κ1) is 21.1. The molecule has 0 aliphatic heterocycles. The number of carboxylic acid groups (broad SMARTS) is 1. The summed E-state index contributed by atoms with van der Waals surface area (Å²) in [5, 5.41) is 12.2. The van der Waals surface area contributed by atoms with Crippen LogP contribution in [0.15, 0.2) is 18.2 Å². The van der Waals surface area contributed by atoms with Gasteiger partial charge in [-0.15, -0.1) is 0 Å². The summed E-state index contributed by atoms with van der Waals surface area (Å²) in [5.74, 6) is -0.197. The number of benzene rings is 1. The molecule has 1 saturated carbocycles. The summed E-state index contributed by atoms with van der Waals surface area (Å²) >= 11 is 0. The molecule has 0 radical (unpaired) electrons. The largest absolute Gasteiger partial charge is 0.493 e. The lowest BCUT2D eigenvalue weighted by Gasteiger charge is -2.27. The number of hydrogen-bond donors (Lipinski definition) is 2. The Kier molecular flexibility index (Phi) is 7.95. The summed E-state index contributed by atoms with van der Waals surface area (Å²) < 4.78 is 11.2. The van der Waals surface area contributed by atoms with E-state index in [-0.39, 0.29) is 5.91 Å². The van der Waals surface area contributed by atoms with Crippen molar-refractivity contribution < 1.29 is 24.2 Å². The second-order valence-corrected chi connectivity index (χ2v) is 7.57. The van der Waals surface area contributed by atoms with E-state index in [1.165, 1.54) is 0 Å². The summed E-state index contributed by atoms with van der Waals surface area (Å²) in [6.45, 7) is 5.26. The van der Waals surface area contributed by atoms with Gasteiger partial charge in [-0.05, 0) is 42.9 Å². The van der Waals surface area contributed by atoms with Gasteiger partial charge in [-0.1, -0.05) is 32.8 Å². The summed E-state index contributed by atoms with van der Waals surface area (Å²) in [6.07, 6.45) is 3.94. The van der Waals surface area contributed by atoms with Crippen LogP contribution in [0.4, 0.5) is 0 Å². The molecule has 0 spiro atoms. The first-order chi connectivity index (χ1) is 12.9. The molecule has 6 heteroatoms. The molecule has 2 N–H and O–H groups in total. The Morgan fingerprint density at radius 2 is 1.89 bits per heavy atom. The number of carbonyl (C=O) groups is 2. The zero-order chi connectivity index (χ0) is 19.8. The second kappa shape index (κ2) is 10.2. The minimum atomic E-state index is -0.876. The van der Waals surface area contributed by atoms with E-state index in [1.807, 2.05) is 18.2 Å². The van der Waals surface area contributed by atoms with Gasteiger partial charge in [-0.25, -0.2) is 0 Å². The number of nitrogens with one attached hydrogen (secondary N) is 1. The van der Waals surface area contributed by atoms with Gasteiger partial charge in [-0.2, -0.15) is 0 Å². The minimum absolute atomic E-state index is 0.182. The molecule has 6 nitrogen and oxygen atoms in total. The Labute approximate surface area is 161 Å². The van der Waals surface area contributed by atoms with Crippen molar-refractivity contribution in [1.82, 2.24) is 5.32 Å². The number of carboxylic acids is 1. The van der Waals surface area contributed by atoms with Crippen LogP contribution in [0.3, 0.4) is 0 Å². The van der Waals surface area contributed by atoms with E-state index >= 15 is 0 Å². The quantitative estimate of drug-likeness (QED) is 0.686. The highest BCUT2D eigenvalue weighted by atomic mass is 16.5. The van der Waals surface area contributed by atoms with Crippen molar-refractivity contribution in [2.45, 2.75) is 52.5 Å². The molecule has 0 bridgehead atoms. The van der Waals surface area contributed by atoms with Crippen molar-refractivity contribution in [3.8, 4) is 11.5 Å². The Hall–Kier alpha value is -2.24. The fourth-order valence-electron chi connectivity index (χ4n) is 3.41. The van der Waals surface area contributed by atoms with E-state index in [0.717, 1.165) is 24.8 Å². The summed E-state index contributed by atoms with van der Waals surface area (Å²) in [6, 6.07) is 5.59. The third-order valence-corrected chi connectivity index (χ3v) is 5.07. The van der Waals surface area contributed by atoms with Crippen LogP contribution in [0.2, 0.25) is 0 Å². The van der Waals surface area contributed by atoms with Crippen LogP contribution in [0.25, 0.3) is 0 Å². The van der Waals surface area contributed by atoms with Crippen LogP contribution in [0.1, 0.15) is 51.5 Å². The van der Waals surface area contributed by atoms with Crippen molar-refractivity contribution in [3.63, 3.8) is 0 Å². The number of rotatable bonds is 9. The molecular formula is C21H31NO5. The maximum atomic E-state index is 12.5. The standard InChI is InChI=1S/C21H31NO5/c1-14(2)10-11-27-18-9-8-15(12-19(18)26-3)13-22-20(23)16-6-4-5-7-17(16)21(24)25/h8-9,12,14,16-17H,4-7,10-11,13H2,1-3H3,(H,22,23)(H,24,25). The Balaban J connectivity index is 1.94. The molecule has 1 fully saturated rings. The van der Waals surface area contributed by atoms with Crippen LogP contribution in [0.5, 0.6) is 11.5 Å². The molecule has 0 aromatic heterocycles. The first-order valence-electron chi connectivity index (χ1n) is 9.72. The number of amides is 1. The molecule has 1 aromatic rings. The zero-order valence-electron chi connectivity index (χ0n) is 16.5. The summed E-state index contributed by atoms with van der Waals surface area (Å²) in [4.78, 5) is 23.9. The van der Waals surface area contributed by atoms with Gasteiger partial charge in [0.15, 0.2) is 11.5 Å². The van der Waals surface area contributed by atoms with Gasteiger partial charge in [0.2, 0.25) is 5.91 Å². The highest BCUT2D eigenvalue weighted by molar-refractivity contribution is 5.84. The Morgan fingerprint density at radius 3 is 2.52 bits per heavy atom. The van der Waals surface area contributed by atoms with Crippen LogP contribution in [-0.4, -0.2) is 30.7 Å². The number of hydrogen-bond acceptors (Lipinski definition) is 4. The van der Waals surface area contributed by atoms with Crippen molar-refractivity contribution in [3.05, 3.63) is 23.8 Å². The highest BCUT2D eigenvalue weighted by Crippen LogP contribution is 2.31. The maximum Gasteiger partial charge on any atom is 0.307 e. The Morgan fingerprint density at radius 1 is 1.19 bits per heavy atom. The number of ether oxygens (including phenoxy) is 2. The van der Waals surface area contributed by atoms with Gasteiger partial charge >= 0.3 is 5.97 Å². The van der Waals surface area contributed by atoms with Gasteiger partial charge in [0.05, 0.1) is 25.6 Å². The van der Waals surface area contributed by atoms with E-state index in [9.17, 15) is 14.7 Å². The fraction of sp³-hybridized carbons (Fsp3) is 0.619. The Bertz CT molecular complexity index is 643. The number of methoxy groups -OCH3 is 1. The molecule has 1 amide bonds. The van der Waals surface area contributed by atoms with Gasteiger partial charge < -0.3 is 19.9 Å². The van der Waals surface area contributed by atoms with Gasteiger partial charge in [0.1, 0.15) is 0 Å². The van der Waals surface area contributed by atoms with Crippen LogP contribution in [0, 0.1) is 17.8 Å². The first-order valence-corrected chi connectivity index (χ1v) is 9.72. The molecule has 2 atom stereocenters. The SMILES string of the molecule is COc1cc(CNC(=O)C2CCCCC2C(=O)O)ccc1OCCC(C)C. The van der Waals surface area contributed by atoms with Crippen molar-refractivity contribution in [2.75, 3.05) is 13.7 Å². The fourth-order valence-corrected chi connectivity index (χ4v) is 3.41. The van der Waals surface area contributed by atoms with Crippen molar-refractivity contribution in [2.24, 2.45) is 17.8 Å². The molecule has 27 heavy (non-hydrogen) atoms. The molecule has 1 aromatic carbocycles. The van der Waals surface area contributed by atoms with E-state index in [0.29, 0.717) is 43.4 Å². The molecule has 0 heterocycles. The monoisotopic (exact) mass is 377 g/mol. The van der Waals surface area contributed by atoms with E-state index < -0.39 is 17.8 Å². The minimum Gasteiger partial charge on any atom is -0.493 e. The predicted molar refractivity (Wildman–Crippen MR) is 103 cm³/mol. The lowest BCUT2D eigenvalue weighted by atomic mass is 9.78. The van der Waals surface area contributed by atoms with E-state index in [1.54, 1.807) is 7.11 Å². The van der Waals surface area contributed by atoms with Crippen LogP contribution in [-0.2, 0) is 16.1 Å². The van der Waals surface area contributed by atoms with E-state index in [2.05, 4.69) is 19.2 Å². The molecule has 1 aliphatic rings. The zero-order valence-corrected chi connectivity index (χ0v) is 16.5. The topological polar surface area (TPSA) is 84.9 Å². The van der Waals surface area contributed by atoms with Gasteiger partial charge in [-0.3, -0.25) is 9.59 Å². The third kappa shape index (κ3) is 6.15. The molecular weight excluding hydrogens is 346 g/mol. The average Bonchev–Trinajstić information content (AvgIpc) is 2.66. The summed E-state index contributed by atoms with van der Waals surface area (Å²) in [5.41, 5.74) is 0.888. The maximum absolute atomic E-state index is 12.5. The molecule has 2 unspecified atom stereocenters. The second-order valence-electron chi connectivity index (χ2n) is 7.57. The van der Waals surface area contributed by atoms with Crippen molar-refractivity contribution >= 4 is 11.9 Å². The molecule has 2 rings (SSSR count). The average molecular weight is 377 g/mol. The number of carbonyl (C=O) groups excluding carboxylic acids is 1. The lowest BCUT2D eigenvalue weighted by molar-refractivity contribution is -0.148. The summed E-state index contributed by atoms with van der Waals surface area (Å²) in [7, 11) is 1.59.